The van der Waals surface area contributed by atoms with Gasteiger partial charge in [-0.25, -0.2) is 4.79 Å². The number of rotatable bonds is 7. The molecule has 0 heterocycles. The smallest absolute Gasteiger partial charge is 0.377 e. The molecule has 0 aliphatic heterocycles. The SMILES string of the molecule is CCOC(=O)C(F)(F)C[C@@H](N)CCc1ccccc1.Cl. The molecular weight excluding hydrogens is 288 g/mol. The number of hydrogen-bond donors (Lipinski definition) is 1. The van der Waals surface area contributed by atoms with E-state index in [-0.39, 0.29) is 19.0 Å². The highest BCUT2D eigenvalue weighted by molar-refractivity contribution is 5.85. The summed E-state index contributed by atoms with van der Waals surface area (Å²) in [6, 6.07) is 8.74. The highest BCUT2D eigenvalue weighted by atomic mass is 35.5. The van der Waals surface area contributed by atoms with Crippen molar-refractivity contribution in [3.8, 4) is 0 Å². The van der Waals surface area contributed by atoms with Crippen LogP contribution >= 0.6 is 12.4 Å². The van der Waals surface area contributed by atoms with E-state index >= 15 is 0 Å². The largest absolute Gasteiger partial charge is 0.462 e. The second-order valence-corrected chi connectivity index (χ2v) is 4.41. The lowest BCUT2D eigenvalue weighted by Gasteiger charge is -2.19. The van der Waals surface area contributed by atoms with Gasteiger partial charge in [-0.05, 0) is 25.3 Å². The molecule has 0 aliphatic carbocycles. The van der Waals surface area contributed by atoms with E-state index in [2.05, 4.69) is 4.74 Å². The second kappa shape index (κ2) is 8.87. The van der Waals surface area contributed by atoms with E-state index in [1.54, 1.807) is 0 Å². The van der Waals surface area contributed by atoms with Crippen LogP contribution < -0.4 is 5.73 Å². The van der Waals surface area contributed by atoms with E-state index in [4.69, 9.17) is 5.73 Å². The molecule has 1 aromatic carbocycles. The Bertz CT molecular complexity index is 401. The van der Waals surface area contributed by atoms with E-state index < -0.39 is 24.4 Å². The van der Waals surface area contributed by atoms with Gasteiger partial charge in [0, 0.05) is 12.5 Å². The first-order valence-electron chi connectivity index (χ1n) is 6.30. The highest BCUT2D eigenvalue weighted by Crippen LogP contribution is 2.23. The van der Waals surface area contributed by atoms with Gasteiger partial charge >= 0.3 is 11.9 Å². The van der Waals surface area contributed by atoms with Gasteiger partial charge < -0.3 is 10.5 Å². The highest BCUT2D eigenvalue weighted by Gasteiger charge is 2.41. The Balaban J connectivity index is 0.00000361. The van der Waals surface area contributed by atoms with Crippen LogP contribution in [0.1, 0.15) is 25.3 Å². The minimum atomic E-state index is -3.51. The maximum Gasteiger partial charge on any atom is 0.377 e. The molecule has 0 unspecified atom stereocenters. The number of carbonyl (C=O) groups excluding carboxylic acids is 1. The van der Waals surface area contributed by atoms with Crippen LogP contribution in [0.25, 0.3) is 0 Å². The summed E-state index contributed by atoms with van der Waals surface area (Å²) < 4.78 is 31.2. The summed E-state index contributed by atoms with van der Waals surface area (Å²) in [6.45, 7) is 1.43. The number of hydrogen-bond acceptors (Lipinski definition) is 3. The number of halogens is 3. The summed E-state index contributed by atoms with van der Waals surface area (Å²) in [4.78, 5) is 11.0. The third-order valence-electron chi connectivity index (χ3n) is 2.74. The normalized spacial score (nSPS) is 12.4. The van der Waals surface area contributed by atoms with Gasteiger partial charge in [0.2, 0.25) is 0 Å². The van der Waals surface area contributed by atoms with Crippen molar-refractivity contribution in [2.45, 2.75) is 38.2 Å². The van der Waals surface area contributed by atoms with Gasteiger partial charge in [-0.3, -0.25) is 0 Å². The van der Waals surface area contributed by atoms with E-state index in [0.717, 1.165) is 5.56 Å². The van der Waals surface area contributed by atoms with Crippen molar-refractivity contribution in [1.29, 1.82) is 0 Å². The van der Waals surface area contributed by atoms with Crippen molar-refractivity contribution in [3.63, 3.8) is 0 Å². The van der Waals surface area contributed by atoms with Gasteiger partial charge in [0.25, 0.3) is 0 Å². The average Bonchev–Trinajstić information content (AvgIpc) is 2.37. The first-order chi connectivity index (χ1) is 8.95. The molecule has 0 fully saturated rings. The van der Waals surface area contributed by atoms with Crippen LogP contribution in [0.3, 0.4) is 0 Å². The molecule has 2 N–H and O–H groups in total. The molecule has 20 heavy (non-hydrogen) atoms. The fourth-order valence-corrected chi connectivity index (χ4v) is 1.75. The van der Waals surface area contributed by atoms with Crippen molar-refractivity contribution in [3.05, 3.63) is 35.9 Å². The zero-order valence-corrected chi connectivity index (χ0v) is 12.2. The molecule has 1 aromatic rings. The summed E-state index contributed by atoms with van der Waals surface area (Å²) in [6.07, 6.45) is 0.332. The Morgan fingerprint density at radius 3 is 2.50 bits per heavy atom. The van der Waals surface area contributed by atoms with Crippen molar-refractivity contribution >= 4 is 18.4 Å². The summed E-state index contributed by atoms with van der Waals surface area (Å²) in [5.41, 5.74) is 6.69. The third kappa shape index (κ3) is 6.30. The fourth-order valence-electron chi connectivity index (χ4n) is 1.75. The molecule has 3 nitrogen and oxygen atoms in total. The number of benzene rings is 1. The average molecular weight is 308 g/mol. The lowest BCUT2D eigenvalue weighted by Crippen LogP contribution is -2.38. The molecule has 0 amide bonds. The maximum atomic E-state index is 13.4. The number of alkyl halides is 2. The second-order valence-electron chi connectivity index (χ2n) is 4.41. The number of aryl methyl sites for hydroxylation is 1. The van der Waals surface area contributed by atoms with Crippen molar-refractivity contribution in [1.82, 2.24) is 0 Å². The molecule has 0 spiro atoms. The Morgan fingerprint density at radius 1 is 1.35 bits per heavy atom. The molecular formula is C14H20ClF2NO2. The van der Waals surface area contributed by atoms with Crippen LogP contribution in [-0.4, -0.2) is 24.5 Å². The zero-order valence-electron chi connectivity index (χ0n) is 11.4. The van der Waals surface area contributed by atoms with Gasteiger partial charge in [-0.15, -0.1) is 12.4 Å². The van der Waals surface area contributed by atoms with Crippen LogP contribution in [0, 0.1) is 0 Å². The van der Waals surface area contributed by atoms with Crippen LogP contribution in [-0.2, 0) is 16.0 Å². The predicted molar refractivity (Wildman–Crippen MR) is 76.2 cm³/mol. The van der Waals surface area contributed by atoms with E-state index in [9.17, 15) is 13.6 Å². The fraction of sp³-hybridized carbons (Fsp3) is 0.500. The summed E-state index contributed by atoms with van der Waals surface area (Å²) in [5, 5.41) is 0. The van der Waals surface area contributed by atoms with Crippen LogP contribution in [0.5, 0.6) is 0 Å². The lowest BCUT2D eigenvalue weighted by atomic mass is 10.0. The van der Waals surface area contributed by atoms with E-state index in [1.807, 2.05) is 30.3 Å². The lowest BCUT2D eigenvalue weighted by molar-refractivity contribution is -0.172. The Kier molecular flexibility index (Phi) is 8.34. The standard InChI is InChI=1S/C14H19F2NO2.ClH/c1-2-19-13(18)14(15,16)10-12(17)9-8-11-6-4-3-5-7-11;/h3-7,12H,2,8-10,17H2,1H3;1H/t12-;/m0./s1. The first-order valence-corrected chi connectivity index (χ1v) is 6.30. The summed E-state index contributed by atoms with van der Waals surface area (Å²) >= 11 is 0. The van der Waals surface area contributed by atoms with Crippen molar-refractivity contribution < 1.29 is 18.3 Å². The zero-order chi connectivity index (χ0) is 14.3. The Labute approximate surface area is 123 Å². The monoisotopic (exact) mass is 307 g/mol. The summed E-state index contributed by atoms with van der Waals surface area (Å²) in [7, 11) is 0. The minimum absolute atomic E-state index is 0. The van der Waals surface area contributed by atoms with Crippen molar-refractivity contribution in [2.75, 3.05) is 6.61 Å². The molecule has 0 aromatic heterocycles. The minimum Gasteiger partial charge on any atom is -0.462 e. The Hall–Kier alpha value is -1.20. The van der Waals surface area contributed by atoms with Gasteiger partial charge in [0.15, 0.2) is 0 Å². The van der Waals surface area contributed by atoms with Gasteiger partial charge in [0.05, 0.1) is 6.61 Å². The molecule has 1 rings (SSSR count). The van der Waals surface area contributed by atoms with Crippen LogP contribution in [0.15, 0.2) is 30.3 Å². The first kappa shape index (κ1) is 18.8. The van der Waals surface area contributed by atoms with Crippen LogP contribution in [0.4, 0.5) is 8.78 Å². The van der Waals surface area contributed by atoms with Gasteiger partial charge in [-0.2, -0.15) is 8.78 Å². The molecule has 0 bridgehead atoms. The number of ether oxygens (including phenoxy) is 1. The molecule has 0 radical (unpaired) electrons. The van der Waals surface area contributed by atoms with E-state index in [1.165, 1.54) is 6.92 Å². The topological polar surface area (TPSA) is 52.3 Å². The quantitative estimate of drug-likeness (QED) is 0.788. The predicted octanol–water partition coefficient (Wildman–Crippen LogP) is 2.96. The molecule has 6 heteroatoms. The van der Waals surface area contributed by atoms with E-state index in [0.29, 0.717) is 12.8 Å². The Morgan fingerprint density at radius 2 is 1.95 bits per heavy atom. The third-order valence-corrected chi connectivity index (χ3v) is 2.74. The molecule has 0 saturated heterocycles. The number of carbonyl (C=O) groups is 1. The maximum absolute atomic E-state index is 13.4. The van der Waals surface area contributed by atoms with Crippen molar-refractivity contribution in [2.24, 2.45) is 5.73 Å². The van der Waals surface area contributed by atoms with Gasteiger partial charge in [0.1, 0.15) is 0 Å². The molecule has 0 aliphatic rings. The number of nitrogens with two attached hydrogens (primary N) is 1. The molecule has 0 saturated carbocycles. The molecule has 1 atom stereocenters. The van der Waals surface area contributed by atoms with Crippen LogP contribution in [0.2, 0.25) is 0 Å². The van der Waals surface area contributed by atoms with Gasteiger partial charge in [-0.1, -0.05) is 30.3 Å². The summed E-state index contributed by atoms with van der Waals surface area (Å²) in [5.74, 6) is -5.00. The number of esters is 1. The molecule has 114 valence electrons.